The fourth-order valence-electron chi connectivity index (χ4n) is 4.45. The van der Waals surface area contributed by atoms with Crippen molar-refractivity contribution in [3.05, 3.63) is 71.7 Å². The zero-order valence-electron chi connectivity index (χ0n) is 20.6. The van der Waals surface area contributed by atoms with Crippen LogP contribution in [0.4, 0.5) is 4.39 Å². The van der Waals surface area contributed by atoms with Crippen LogP contribution in [-0.2, 0) is 23.9 Å². The first kappa shape index (κ1) is 26.0. The number of ether oxygens (including phenoxy) is 2. The molecule has 1 aliphatic rings. The molecule has 1 N–H and O–H groups in total. The van der Waals surface area contributed by atoms with Crippen molar-refractivity contribution in [3.63, 3.8) is 0 Å². The summed E-state index contributed by atoms with van der Waals surface area (Å²) in [5.41, 5.74) is 4.25. The lowest BCUT2D eigenvalue weighted by atomic mass is 9.92. The van der Waals surface area contributed by atoms with E-state index in [1.54, 1.807) is 18.2 Å². The van der Waals surface area contributed by atoms with Crippen LogP contribution in [0.1, 0.15) is 56.7 Å². The molecule has 8 heteroatoms. The molecule has 0 spiro atoms. The number of aromatic nitrogens is 1. The molecular formula is C29H28FNO6. The molecule has 0 bridgehead atoms. The number of carboxylic acids is 1. The van der Waals surface area contributed by atoms with E-state index < -0.39 is 36.5 Å². The van der Waals surface area contributed by atoms with Gasteiger partial charge in [0.25, 0.3) is 0 Å². The molecule has 1 aliphatic carbocycles. The Labute approximate surface area is 213 Å². The molecule has 3 aromatic rings. The number of fused-ring (bicyclic) bond motifs is 1. The maximum absolute atomic E-state index is 13.8. The van der Waals surface area contributed by atoms with E-state index in [2.05, 4.69) is 0 Å². The van der Waals surface area contributed by atoms with Crippen LogP contribution in [0.15, 0.2) is 54.6 Å². The van der Waals surface area contributed by atoms with Gasteiger partial charge in [0.05, 0.1) is 17.6 Å². The van der Waals surface area contributed by atoms with Crippen LogP contribution in [0.5, 0.6) is 0 Å². The van der Waals surface area contributed by atoms with Gasteiger partial charge in [-0.15, -0.1) is 0 Å². The predicted octanol–water partition coefficient (Wildman–Crippen LogP) is 5.66. The first-order chi connectivity index (χ1) is 17.7. The minimum Gasteiger partial charge on any atom is -0.481 e. The molecule has 1 saturated carbocycles. The van der Waals surface area contributed by atoms with Crippen molar-refractivity contribution < 1.29 is 33.4 Å². The summed E-state index contributed by atoms with van der Waals surface area (Å²) in [6, 6.07) is 14.0. The third-order valence-corrected chi connectivity index (χ3v) is 6.08. The van der Waals surface area contributed by atoms with E-state index in [9.17, 15) is 23.9 Å². The topological polar surface area (TPSA) is 103 Å². The van der Waals surface area contributed by atoms with Crippen LogP contribution in [0.2, 0.25) is 0 Å². The van der Waals surface area contributed by atoms with E-state index in [-0.39, 0.29) is 18.2 Å². The molecule has 0 unspecified atom stereocenters. The molecule has 7 nitrogen and oxygen atoms in total. The van der Waals surface area contributed by atoms with Crippen LogP contribution in [0.25, 0.3) is 28.1 Å². The molecule has 1 heterocycles. The smallest absolute Gasteiger partial charge is 0.307 e. The maximum Gasteiger partial charge on any atom is 0.307 e. The number of hydrogen-bond donors (Lipinski definition) is 1. The van der Waals surface area contributed by atoms with Crippen LogP contribution in [0.3, 0.4) is 0 Å². The molecule has 37 heavy (non-hydrogen) atoms. The number of benzene rings is 2. The molecule has 4 rings (SSSR count). The average molecular weight is 506 g/mol. The van der Waals surface area contributed by atoms with Crippen molar-refractivity contribution in [2.45, 2.75) is 57.7 Å². The third-order valence-electron chi connectivity index (χ3n) is 6.08. The Morgan fingerprint density at radius 3 is 2.35 bits per heavy atom. The largest absolute Gasteiger partial charge is 0.481 e. The summed E-state index contributed by atoms with van der Waals surface area (Å²) in [4.78, 5) is 39.6. The molecule has 1 aromatic heterocycles. The quantitative estimate of drug-likeness (QED) is 0.355. The third kappa shape index (κ3) is 6.78. The van der Waals surface area contributed by atoms with E-state index in [0.717, 1.165) is 46.1 Å². The first-order valence-electron chi connectivity index (χ1n) is 12.1. The highest BCUT2D eigenvalue weighted by Gasteiger charge is 2.30. The Morgan fingerprint density at radius 2 is 1.73 bits per heavy atom. The second-order valence-electron chi connectivity index (χ2n) is 9.16. The van der Waals surface area contributed by atoms with Gasteiger partial charge >= 0.3 is 17.9 Å². The summed E-state index contributed by atoms with van der Waals surface area (Å²) in [7, 11) is 0. The van der Waals surface area contributed by atoms with Crippen LogP contribution in [-0.4, -0.2) is 40.2 Å². The molecular weight excluding hydrogens is 477 g/mol. The zero-order valence-corrected chi connectivity index (χ0v) is 20.6. The fourth-order valence-corrected chi connectivity index (χ4v) is 4.45. The van der Waals surface area contributed by atoms with Crippen LogP contribution >= 0.6 is 0 Å². The van der Waals surface area contributed by atoms with Gasteiger partial charge in [0.1, 0.15) is 18.0 Å². The Balaban J connectivity index is 1.81. The number of carbonyl (C=O) groups is 3. The monoisotopic (exact) mass is 505 g/mol. The summed E-state index contributed by atoms with van der Waals surface area (Å²) in [5, 5.41) is 10.1. The highest BCUT2D eigenvalue weighted by Crippen LogP contribution is 2.45. The number of para-hydroxylation sites is 1. The number of halogens is 1. The Hall–Kier alpha value is -4.07. The highest BCUT2D eigenvalue weighted by atomic mass is 19.1. The molecule has 1 fully saturated rings. The number of rotatable bonds is 10. The summed E-state index contributed by atoms with van der Waals surface area (Å²) < 4.78 is 24.4. The Bertz CT molecular complexity index is 1330. The van der Waals surface area contributed by atoms with E-state index in [1.807, 2.05) is 30.3 Å². The minimum absolute atomic E-state index is 0.0202. The van der Waals surface area contributed by atoms with Crippen molar-refractivity contribution >= 4 is 34.9 Å². The SMILES string of the molecule is CC(=O)O[C@@H](CC(=O)O)C[C@@H](/C=C/c1c(C2CC2)nc2ccccc2c1-c1ccc(F)cc1)OC(C)=O. The molecule has 0 saturated heterocycles. The molecule has 0 radical (unpaired) electrons. The van der Waals surface area contributed by atoms with Crippen molar-refractivity contribution in [1.29, 1.82) is 0 Å². The van der Waals surface area contributed by atoms with Gasteiger partial charge in [-0.3, -0.25) is 19.4 Å². The average Bonchev–Trinajstić information content (AvgIpc) is 3.66. The number of pyridine rings is 1. The van der Waals surface area contributed by atoms with Crippen molar-refractivity contribution in [3.8, 4) is 11.1 Å². The van der Waals surface area contributed by atoms with Crippen LogP contribution < -0.4 is 0 Å². The molecule has 0 aliphatic heterocycles. The normalized spacial score (nSPS) is 14.9. The summed E-state index contributed by atoms with van der Waals surface area (Å²) in [6.45, 7) is 2.46. The lowest BCUT2D eigenvalue weighted by molar-refractivity contribution is -0.153. The van der Waals surface area contributed by atoms with Gasteiger partial charge < -0.3 is 14.6 Å². The number of nitrogens with zero attached hydrogens (tertiary/aromatic N) is 1. The number of esters is 2. The van der Waals surface area contributed by atoms with E-state index in [0.29, 0.717) is 0 Å². The van der Waals surface area contributed by atoms with Crippen molar-refractivity contribution in [2.24, 2.45) is 0 Å². The van der Waals surface area contributed by atoms with Crippen LogP contribution in [0, 0.1) is 5.82 Å². The van der Waals surface area contributed by atoms with Gasteiger partial charge in [0.15, 0.2) is 0 Å². The Kier molecular flexibility index (Phi) is 7.96. The molecule has 2 aromatic carbocycles. The fraction of sp³-hybridized carbons (Fsp3) is 0.310. The van der Waals surface area contributed by atoms with E-state index in [1.165, 1.54) is 26.0 Å². The number of carbonyl (C=O) groups excluding carboxylic acids is 2. The molecule has 0 amide bonds. The number of carboxylic acid groups (broad SMARTS) is 1. The molecule has 192 valence electrons. The van der Waals surface area contributed by atoms with Crippen molar-refractivity contribution in [1.82, 2.24) is 4.98 Å². The second kappa shape index (κ2) is 11.3. The summed E-state index contributed by atoms with van der Waals surface area (Å²) >= 11 is 0. The van der Waals surface area contributed by atoms with E-state index in [4.69, 9.17) is 14.5 Å². The highest BCUT2D eigenvalue weighted by molar-refractivity contribution is 5.99. The standard InChI is InChI=1S/C29H28FNO6/c1-17(32)36-22(15-23(16-27(34)35)37-18(2)33)13-14-25-28(19-9-11-21(30)12-10-19)24-5-3-4-6-26(24)31-29(25)20-7-8-20/h3-6,9-14,20,22-23H,7-8,15-16H2,1-2H3,(H,34,35)/b14-13+/t22-,23-/m1/s1. The predicted molar refractivity (Wildman–Crippen MR) is 136 cm³/mol. The first-order valence-corrected chi connectivity index (χ1v) is 12.1. The molecule has 2 atom stereocenters. The maximum atomic E-state index is 13.8. The minimum atomic E-state index is -1.13. The van der Waals surface area contributed by atoms with Crippen molar-refractivity contribution in [2.75, 3.05) is 0 Å². The Morgan fingerprint density at radius 1 is 1.05 bits per heavy atom. The summed E-state index contributed by atoms with van der Waals surface area (Å²) in [5.74, 6) is -2.37. The van der Waals surface area contributed by atoms with Gasteiger partial charge in [-0.05, 0) is 42.7 Å². The van der Waals surface area contributed by atoms with Gasteiger partial charge in [-0.2, -0.15) is 0 Å². The number of hydrogen-bond acceptors (Lipinski definition) is 6. The van der Waals surface area contributed by atoms with Gasteiger partial charge in [0.2, 0.25) is 0 Å². The lowest BCUT2D eigenvalue weighted by Gasteiger charge is -2.21. The zero-order chi connectivity index (χ0) is 26.5. The lowest BCUT2D eigenvalue weighted by Crippen LogP contribution is -2.27. The summed E-state index contributed by atoms with van der Waals surface area (Å²) in [6.07, 6.45) is 3.23. The number of aliphatic carboxylic acids is 1. The van der Waals surface area contributed by atoms with E-state index >= 15 is 0 Å². The van der Waals surface area contributed by atoms with Gasteiger partial charge in [-0.25, -0.2) is 4.39 Å². The van der Waals surface area contributed by atoms with Gasteiger partial charge in [-0.1, -0.05) is 36.4 Å². The second-order valence-corrected chi connectivity index (χ2v) is 9.16. The van der Waals surface area contributed by atoms with Gasteiger partial charge in [0, 0.05) is 42.7 Å².